The monoisotopic (exact) mass is 382 g/mol. The quantitative estimate of drug-likeness (QED) is 0.399. The summed E-state index contributed by atoms with van der Waals surface area (Å²) in [4.78, 5) is 15.8. The molecule has 7 heteroatoms. The largest absolute Gasteiger partial charge is 0.493 e. The van der Waals surface area contributed by atoms with E-state index in [4.69, 9.17) is 15.2 Å². The molecule has 0 aromatic carbocycles. The Labute approximate surface area is 161 Å². The van der Waals surface area contributed by atoms with Crippen LogP contribution in [0.4, 0.5) is 0 Å². The lowest BCUT2D eigenvalue weighted by molar-refractivity contribution is -0.162. The number of hydrogen-bond donors (Lipinski definition) is 3. The lowest BCUT2D eigenvalue weighted by Crippen LogP contribution is -2.57. The number of nitrogens with zero attached hydrogens (tertiary/aromatic N) is 1. The van der Waals surface area contributed by atoms with Gasteiger partial charge < -0.3 is 25.4 Å². The van der Waals surface area contributed by atoms with Gasteiger partial charge in [0.1, 0.15) is 5.75 Å². The van der Waals surface area contributed by atoms with Crippen molar-refractivity contribution in [3.05, 3.63) is 24.0 Å². The summed E-state index contributed by atoms with van der Waals surface area (Å²) in [6, 6.07) is 2.30. The van der Waals surface area contributed by atoms with Crippen LogP contribution >= 0.6 is 0 Å². The number of aliphatic carboxylic acids is 1. The third kappa shape index (κ3) is 8.24. The number of ether oxygens (including phenoxy) is 2. The highest BCUT2D eigenvalue weighted by atomic mass is 16.5. The van der Waals surface area contributed by atoms with Gasteiger partial charge in [-0.1, -0.05) is 39.5 Å². The zero-order chi connectivity index (χ0) is 20.1. The molecule has 0 saturated heterocycles. The van der Waals surface area contributed by atoms with E-state index in [0.29, 0.717) is 24.7 Å². The molecule has 2 atom stereocenters. The minimum absolute atomic E-state index is 0.0281. The van der Waals surface area contributed by atoms with Crippen LogP contribution in [0.25, 0.3) is 0 Å². The molecule has 1 heterocycles. The topological polar surface area (TPSA) is 115 Å². The Morgan fingerprint density at radius 2 is 1.89 bits per heavy atom. The molecule has 0 amide bonds. The van der Waals surface area contributed by atoms with E-state index in [0.717, 1.165) is 38.5 Å². The molecule has 0 radical (unpaired) electrons. The molecular weight excluding hydrogens is 348 g/mol. The van der Waals surface area contributed by atoms with Gasteiger partial charge in [0, 0.05) is 31.0 Å². The molecule has 0 bridgehead atoms. The second-order valence-electron chi connectivity index (χ2n) is 6.83. The number of carbonyl (C=O) groups is 1. The zero-order valence-electron chi connectivity index (χ0n) is 16.5. The average Bonchev–Trinajstić information content (AvgIpc) is 2.65. The highest BCUT2D eigenvalue weighted by molar-refractivity contribution is 5.78. The van der Waals surface area contributed by atoms with Gasteiger partial charge in [-0.15, -0.1) is 0 Å². The lowest BCUT2D eigenvalue weighted by atomic mass is 9.89. The number of pyridine rings is 1. The number of rotatable bonds is 15. The van der Waals surface area contributed by atoms with E-state index < -0.39 is 17.6 Å². The highest BCUT2D eigenvalue weighted by Crippen LogP contribution is 2.20. The van der Waals surface area contributed by atoms with E-state index in [9.17, 15) is 15.0 Å². The molecule has 0 aliphatic carbocycles. The molecule has 0 aliphatic heterocycles. The fourth-order valence-electron chi connectivity index (χ4n) is 2.63. The van der Waals surface area contributed by atoms with Crippen LogP contribution < -0.4 is 10.5 Å². The number of carboxylic acids is 1. The maximum atomic E-state index is 11.7. The van der Waals surface area contributed by atoms with Crippen LogP contribution in [0.2, 0.25) is 0 Å². The summed E-state index contributed by atoms with van der Waals surface area (Å²) in [5.74, 6) is -0.781. The second kappa shape index (κ2) is 12.6. The molecule has 1 aromatic rings. The van der Waals surface area contributed by atoms with Crippen LogP contribution in [0.15, 0.2) is 18.3 Å². The predicted molar refractivity (Wildman–Crippen MR) is 104 cm³/mol. The Balaban J connectivity index is 2.67. The first-order valence-corrected chi connectivity index (χ1v) is 9.80. The van der Waals surface area contributed by atoms with E-state index >= 15 is 0 Å². The first-order chi connectivity index (χ1) is 12.9. The number of aliphatic hydroxyl groups is 1. The summed E-state index contributed by atoms with van der Waals surface area (Å²) < 4.78 is 11.1. The molecule has 0 fully saturated rings. The number of carboxylic acid groups (broad SMARTS) is 1. The standard InChI is InChI=1S/C20H34N2O5/c1-3-5-7-11-26-15-18(21)20(25,19(23)24)14-16-13-17(9-10-22-16)27-12-8-6-4-2/h9-10,13,18,25H,3-8,11-12,14-15,21H2,1-2H3,(H,23,24)/t18?,20-/m1/s1. The first kappa shape index (κ1) is 23.3. The fourth-order valence-corrected chi connectivity index (χ4v) is 2.63. The van der Waals surface area contributed by atoms with Crippen molar-refractivity contribution in [1.82, 2.24) is 4.98 Å². The SMILES string of the molecule is CCCCCOCC(N)[C@](O)(Cc1cc(OCCCCC)ccn1)C(=O)O. The van der Waals surface area contributed by atoms with E-state index in [2.05, 4.69) is 18.8 Å². The van der Waals surface area contributed by atoms with Crippen molar-refractivity contribution in [2.24, 2.45) is 5.73 Å². The summed E-state index contributed by atoms with van der Waals surface area (Å²) in [6.07, 6.45) is 7.46. The van der Waals surface area contributed by atoms with Crippen molar-refractivity contribution in [3.8, 4) is 5.75 Å². The number of aromatic nitrogens is 1. The molecule has 154 valence electrons. The van der Waals surface area contributed by atoms with Crippen LogP contribution in [0.3, 0.4) is 0 Å². The summed E-state index contributed by atoms with van der Waals surface area (Å²) in [5, 5.41) is 20.2. The van der Waals surface area contributed by atoms with Crippen molar-refractivity contribution < 1.29 is 24.5 Å². The van der Waals surface area contributed by atoms with E-state index in [1.54, 1.807) is 18.3 Å². The zero-order valence-corrected chi connectivity index (χ0v) is 16.5. The Kier molecular flexibility index (Phi) is 10.9. The maximum Gasteiger partial charge on any atom is 0.337 e. The molecule has 1 unspecified atom stereocenters. The van der Waals surface area contributed by atoms with E-state index in [1.807, 2.05) is 0 Å². The number of hydrogen-bond acceptors (Lipinski definition) is 6. The summed E-state index contributed by atoms with van der Waals surface area (Å²) >= 11 is 0. The van der Waals surface area contributed by atoms with Crippen LogP contribution in [0, 0.1) is 0 Å². The Bertz CT molecular complexity index is 555. The van der Waals surface area contributed by atoms with Gasteiger partial charge in [0.2, 0.25) is 0 Å². The normalized spacial score (nSPS) is 14.5. The van der Waals surface area contributed by atoms with Gasteiger partial charge in [-0.3, -0.25) is 4.98 Å². The molecule has 7 nitrogen and oxygen atoms in total. The lowest BCUT2D eigenvalue weighted by Gasteiger charge is -2.29. The van der Waals surface area contributed by atoms with Gasteiger partial charge in [-0.25, -0.2) is 4.79 Å². The van der Waals surface area contributed by atoms with Crippen molar-refractivity contribution >= 4 is 5.97 Å². The van der Waals surface area contributed by atoms with Gasteiger partial charge in [-0.05, 0) is 18.9 Å². The smallest absolute Gasteiger partial charge is 0.337 e. The van der Waals surface area contributed by atoms with Gasteiger partial charge in [0.25, 0.3) is 0 Å². The van der Waals surface area contributed by atoms with Gasteiger partial charge in [-0.2, -0.15) is 0 Å². The Morgan fingerprint density at radius 1 is 1.22 bits per heavy atom. The number of nitrogens with two attached hydrogens (primary N) is 1. The van der Waals surface area contributed by atoms with Crippen molar-refractivity contribution in [3.63, 3.8) is 0 Å². The highest BCUT2D eigenvalue weighted by Gasteiger charge is 2.43. The molecule has 27 heavy (non-hydrogen) atoms. The van der Waals surface area contributed by atoms with Crippen LogP contribution in [0.1, 0.15) is 58.1 Å². The fraction of sp³-hybridized carbons (Fsp3) is 0.700. The molecule has 0 spiro atoms. The third-order valence-corrected chi connectivity index (χ3v) is 4.43. The molecule has 4 N–H and O–H groups in total. The summed E-state index contributed by atoms with van der Waals surface area (Å²) in [7, 11) is 0. The van der Waals surface area contributed by atoms with Gasteiger partial charge in [0.15, 0.2) is 5.60 Å². The second-order valence-corrected chi connectivity index (χ2v) is 6.83. The van der Waals surface area contributed by atoms with E-state index in [1.165, 1.54) is 0 Å². The first-order valence-electron chi connectivity index (χ1n) is 9.80. The van der Waals surface area contributed by atoms with Gasteiger partial charge in [0.05, 0.1) is 19.3 Å². The third-order valence-electron chi connectivity index (χ3n) is 4.43. The molecule has 1 rings (SSSR count). The summed E-state index contributed by atoms with van der Waals surface area (Å²) in [5.41, 5.74) is 4.21. The van der Waals surface area contributed by atoms with E-state index in [-0.39, 0.29) is 13.0 Å². The molecule has 0 saturated carbocycles. The number of unbranched alkanes of at least 4 members (excludes halogenated alkanes) is 4. The minimum Gasteiger partial charge on any atom is -0.493 e. The van der Waals surface area contributed by atoms with Crippen LogP contribution in [-0.2, 0) is 16.0 Å². The van der Waals surface area contributed by atoms with Crippen molar-refractivity contribution in [2.45, 2.75) is 70.4 Å². The predicted octanol–water partition coefficient (Wildman–Crippen LogP) is 2.54. The van der Waals surface area contributed by atoms with Crippen molar-refractivity contribution in [2.75, 3.05) is 19.8 Å². The summed E-state index contributed by atoms with van der Waals surface area (Å²) in [6.45, 7) is 5.26. The Hall–Kier alpha value is -1.70. The molecular formula is C20H34N2O5. The Morgan fingerprint density at radius 3 is 2.52 bits per heavy atom. The van der Waals surface area contributed by atoms with Crippen molar-refractivity contribution in [1.29, 1.82) is 0 Å². The van der Waals surface area contributed by atoms with Gasteiger partial charge >= 0.3 is 5.97 Å². The van der Waals surface area contributed by atoms with Crippen LogP contribution in [0.5, 0.6) is 5.75 Å². The average molecular weight is 383 g/mol. The maximum absolute atomic E-state index is 11.7. The minimum atomic E-state index is -2.15. The molecule has 0 aliphatic rings. The molecule has 1 aromatic heterocycles. The van der Waals surface area contributed by atoms with Crippen LogP contribution in [-0.4, -0.2) is 52.6 Å².